The highest BCUT2D eigenvalue weighted by atomic mass is 16.5. The third-order valence-electron chi connectivity index (χ3n) is 4.80. The highest BCUT2D eigenvalue weighted by Crippen LogP contribution is 2.22. The third kappa shape index (κ3) is 6.70. The van der Waals surface area contributed by atoms with E-state index in [1.54, 1.807) is 74.5 Å². The zero-order valence-electron chi connectivity index (χ0n) is 18.1. The third-order valence-corrected chi connectivity index (χ3v) is 4.80. The summed E-state index contributed by atoms with van der Waals surface area (Å²) in [7, 11) is 0. The number of carbonyl (C=O) groups excluding carboxylic acids is 5. The van der Waals surface area contributed by atoms with Gasteiger partial charge in [-0.1, -0.05) is 60.7 Å². The lowest BCUT2D eigenvalue weighted by molar-refractivity contribution is -0.157. The van der Waals surface area contributed by atoms with Gasteiger partial charge in [0.25, 0.3) is 0 Å². The number of ether oxygens (including phenoxy) is 2. The standard InChI is InChI=1S/C25H26O7/c1-3-31-24(29)19(15-21(26)17-11-7-5-8-12-17)23(28)20(25(30)32-4-2)16-22(27)18-13-9-6-10-14-18/h5-14,19-20H,3-4,15-16H2,1-2H3/t19-,20-/m0/s1. The number of benzene rings is 2. The van der Waals surface area contributed by atoms with Gasteiger partial charge in [0.1, 0.15) is 11.8 Å². The van der Waals surface area contributed by atoms with Gasteiger partial charge in [-0.2, -0.15) is 0 Å². The van der Waals surface area contributed by atoms with E-state index in [4.69, 9.17) is 9.47 Å². The average Bonchev–Trinajstić information content (AvgIpc) is 2.81. The van der Waals surface area contributed by atoms with Crippen molar-refractivity contribution in [2.24, 2.45) is 11.8 Å². The quantitative estimate of drug-likeness (QED) is 0.284. The van der Waals surface area contributed by atoms with Crippen LogP contribution in [0.15, 0.2) is 60.7 Å². The summed E-state index contributed by atoms with van der Waals surface area (Å²) in [6.07, 6.45) is -0.950. The van der Waals surface area contributed by atoms with E-state index in [1.165, 1.54) is 0 Å². The van der Waals surface area contributed by atoms with Crippen LogP contribution in [0.25, 0.3) is 0 Å². The Morgan fingerprint density at radius 1 is 0.625 bits per heavy atom. The van der Waals surface area contributed by atoms with E-state index < -0.39 is 54.0 Å². The van der Waals surface area contributed by atoms with Crippen molar-refractivity contribution in [2.45, 2.75) is 26.7 Å². The van der Waals surface area contributed by atoms with Gasteiger partial charge in [0.15, 0.2) is 17.3 Å². The zero-order valence-corrected chi connectivity index (χ0v) is 18.1. The van der Waals surface area contributed by atoms with Crippen molar-refractivity contribution in [3.8, 4) is 0 Å². The second kappa shape index (κ2) is 12.3. The molecule has 0 N–H and O–H groups in total. The van der Waals surface area contributed by atoms with Crippen LogP contribution in [0.2, 0.25) is 0 Å². The van der Waals surface area contributed by atoms with Crippen LogP contribution < -0.4 is 0 Å². The zero-order chi connectivity index (χ0) is 23.5. The molecule has 0 aromatic heterocycles. The first kappa shape index (κ1) is 24.7. The molecule has 7 heteroatoms. The van der Waals surface area contributed by atoms with E-state index in [1.807, 2.05) is 0 Å². The van der Waals surface area contributed by atoms with Crippen molar-refractivity contribution in [2.75, 3.05) is 13.2 Å². The SMILES string of the molecule is CCOC(=O)[C@@H](CC(=O)c1ccccc1)C(=O)[C@H](CC(=O)c1ccccc1)C(=O)OCC. The number of rotatable bonds is 12. The van der Waals surface area contributed by atoms with Crippen LogP contribution in [0.3, 0.4) is 0 Å². The molecule has 2 rings (SSSR count). The van der Waals surface area contributed by atoms with Crippen LogP contribution in [-0.2, 0) is 23.9 Å². The maximum absolute atomic E-state index is 13.3. The maximum atomic E-state index is 13.3. The van der Waals surface area contributed by atoms with E-state index in [9.17, 15) is 24.0 Å². The molecular weight excluding hydrogens is 412 g/mol. The Morgan fingerprint density at radius 3 is 1.28 bits per heavy atom. The van der Waals surface area contributed by atoms with Gasteiger partial charge in [-0.3, -0.25) is 24.0 Å². The lowest BCUT2D eigenvalue weighted by Crippen LogP contribution is -2.38. The number of carbonyl (C=O) groups is 5. The number of hydrogen-bond acceptors (Lipinski definition) is 7. The number of hydrogen-bond donors (Lipinski definition) is 0. The van der Waals surface area contributed by atoms with Gasteiger partial charge in [0.2, 0.25) is 0 Å². The molecule has 0 spiro atoms. The van der Waals surface area contributed by atoms with Gasteiger partial charge >= 0.3 is 11.9 Å². The summed E-state index contributed by atoms with van der Waals surface area (Å²) in [5.41, 5.74) is 0.644. The van der Waals surface area contributed by atoms with Crippen molar-refractivity contribution >= 4 is 29.3 Å². The van der Waals surface area contributed by atoms with Crippen LogP contribution in [0, 0.1) is 11.8 Å². The van der Waals surface area contributed by atoms with Gasteiger partial charge in [-0.15, -0.1) is 0 Å². The normalized spacial score (nSPS) is 12.3. The minimum atomic E-state index is -1.53. The Balaban J connectivity index is 2.32. The van der Waals surface area contributed by atoms with Crippen LogP contribution in [0.5, 0.6) is 0 Å². The first-order chi connectivity index (χ1) is 15.4. The molecule has 0 aliphatic rings. The fourth-order valence-electron chi connectivity index (χ4n) is 3.18. The molecule has 0 saturated heterocycles. The molecule has 2 atom stereocenters. The first-order valence-corrected chi connectivity index (χ1v) is 10.4. The smallest absolute Gasteiger partial charge is 0.316 e. The first-order valence-electron chi connectivity index (χ1n) is 10.4. The molecule has 0 unspecified atom stereocenters. The van der Waals surface area contributed by atoms with Gasteiger partial charge in [0.05, 0.1) is 13.2 Å². The highest BCUT2D eigenvalue weighted by Gasteiger charge is 2.40. The second-order valence-corrected chi connectivity index (χ2v) is 7.00. The summed E-state index contributed by atoms with van der Waals surface area (Å²) in [6.45, 7) is 3.13. The second-order valence-electron chi connectivity index (χ2n) is 7.00. The monoisotopic (exact) mass is 438 g/mol. The molecule has 168 valence electrons. The van der Waals surface area contributed by atoms with E-state index in [0.29, 0.717) is 11.1 Å². The summed E-state index contributed by atoms with van der Waals surface area (Å²) in [4.78, 5) is 63.8. The summed E-state index contributed by atoms with van der Waals surface area (Å²) < 4.78 is 9.98. The van der Waals surface area contributed by atoms with E-state index in [2.05, 4.69) is 0 Å². The van der Waals surface area contributed by atoms with Gasteiger partial charge in [-0.05, 0) is 13.8 Å². The molecule has 0 radical (unpaired) electrons. The fraction of sp³-hybridized carbons (Fsp3) is 0.320. The Bertz CT molecular complexity index is 873. The van der Waals surface area contributed by atoms with E-state index in [-0.39, 0.29) is 13.2 Å². The summed E-state index contributed by atoms with van der Waals surface area (Å²) in [6, 6.07) is 16.4. The van der Waals surface area contributed by atoms with E-state index in [0.717, 1.165) is 0 Å². The molecule has 0 aliphatic carbocycles. The lowest BCUT2D eigenvalue weighted by Gasteiger charge is -2.20. The molecule has 0 aliphatic heterocycles. The van der Waals surface area contributed by atoms with Gasteiger partial charge in [0, 0.05) is 24.0 Å². The maximum Gasteiger partial charge on any atom is 0.316 e. The van der Waals surface area contributed by atoms with Crippen molar-refractivity contribution in [1.82, 2.24) is 0 Å². The fourth-order valence-corrected chi connectivity index (χ4v) is 3.18. The Labute approximate surface area is 186 Å². The predicted molar refractivity (Wildman–Crippen MR) is 116 cm³/mol. The van der Waals surface area contributed by atoms with E-state index >= 15 is 0 Å². The van der Waals surface area contributed by atoms with Crippen LogP contribution in [0.1, 0.15) is 47.4 Å². The number of ketones is 3. The molecule has 0 saturated carbocycles. The minimum absolute atomic E-state index is 0.00480. The Kier molecular flexibility index (Phi) is 9.47. The molecule has 7 nitrogen and oxygen atoms in total. The molecular formula is C25H26O7. The lowest BCUT2D eigenvalue weighted by atomic mass is 9.84. The van der Waals surface area contributed by atoms with Crippen molar-refractivity contribution < 1.29 is 33.4 Å². The molecule has 0 heterocycles. The molecule has 32 heavy (non-hydrogen) atoms. The topological polar surface area (TPSA) is 104 Å². The molecule has 2 aromatic carbocycles. The highest BCUT2D eigenvalue weighted by molar-refractivity contribution is 6.14. The van der Waals surface area contributed by atoms with Crippen molar-refractivity contribution in [3.05, 3.63) is 71.8 Å². The molecule has 0 amide bonds. The Morgan fingerprint density at radius 2 is 0.969 bits per heavy atom. The summed E-state index contributed by atoms with van der Waals surface area (Å²) in [5, 5.41) is 0. The van der Waals surface area contributed by atoms with Crippen LogP contribution in [0.4, 0.5) is 0 Å². The van der Waals surface area contributed by atoms with Gasteiger partial charge in [-0.25, -0.2) is 0 Å². The van der Waals surface area contributed by atoms with Crippen molar-refractivity contribution in [3.63, 3.8) is 0 Å². The average molecular weight is 438 g/mol. The van der Waals surface area contributed by atoms with Crippen molar-refractivity contribution in [1.29, 1.82) is 0 Å². The predicted octanol–water partition coefficient (Wildman–Crippen LogP) is 3.46. The molecule has 0 bridgehead atoms. The largest absolute Gasteiger partial charge is 0.465 e. The molecule has 0 fully saturated rings. The number of Topliss-reactive ketones (excluding diaryl/α,β-unsaturated/α-hetero) is 3. The minimum Gasteiger partial charge on any atom is -0.465 e. The van der Waals surface area contributed by atoms with Gasteiger partial charge < -0.3 is 9.47 Å². The molecule has 2 aromatic rings. The number of esters is 2. The Hall–Kier alpha value is -3.61. The summed E-state index contributed by atoms with van der Waals surface area (Å²) >= 11 is 0. The van der Waals surface area contributed by atoms with Crippen LogP contribution in [-0.4, -0.2) is 42.5 Å². The summed E-state index contributed by atoms with van der Waals surface area (Å²) in [5.74, 6) is -6.65. The van der Waals surface area contributed by atoms with Crippen LogP contribution >= 0.6 is 0 Å².